The Labute approximate surface area is 155 Å². The fourth-order valence-corrected chi connectivity index (χ4v) is 4.60. The molecule has 1 atom stereocenters. The maximum absolute atomic E-state index is 12.7. The van der Waals surface area contributed by atoms with Gasteiger partial charge in [-0.2, -0.15) is 12.7 Å². The number of anilines is 1. The molecule has 3 rings (SSSR count). The van der Waals surface area contributed by atoms with E-state index in [-0.39, 0.29) is 0 Å². The molecule has 0 amide bonds. The summed E-state index contributed by atoms with van der Waals surface area (Å²) >= 11 is 0. The van der Waals surface area contributed by atoms with E-state index in [1.165, 1.54) is 4.31 Å². The molecule has 6 nitrogen and oxygen atoms in total. The van der Waals surface area contributed by atoms with Crippen molar-refractivity contribution in [2.75, 3.05) is 30.5 Å². The number of para-hydroxylation sites is 1. The van der Waals surface area contributed by atoms with E-state index in [1.807, 2.05) is 30.3 Å². The summed E-state index contributed by atoms with van der Waals surface area (Å²) in [5, 5.41) is 0. The molecule has 1 aliphatic rings. The number of aromatic nitrogens is 1. The first-order valence-corrected chi connectivity index (χ1v) is 10.3. The van der Waals surface area contributed by atoms with Gasteiger partial charge in [-0.25, -0.2) is 0 Å². The molecule has 0 radical (unpaired) electrons. The van der Waals surface area contributed by atoms with E-state index in [1.54, 1.807) is 28.8 Å². The van der Waals surface area contributed by atoms with Crippen molar-refractivity contribution < 1.29 is 13.2 Å². The zero-order valence-corrected chi connectivity index (χ0v) is 15.8. The third kappa shape index (κ3) is 4.53. The zero-order valence-electron chi connectivity index (χ0n) is 15.0. The summed E-state index contributed by atoms with van der Waals surface area (Å²) in [6.07, 6.45) is 4.95. The molecular formula is C19H25N3O3S. The Morgan fingerprint density at radius 3 is 2.54 bits per heavy atom. The van der Waals surface area contributed by atoms with Crippen molar-refractivity contribution in [1.29, 1.82) is 0 Å². The second kappa shape index (κ2) is 8.51. The highest BCUT2D eigenvalue weighted by Gasteiger charge is 2.36. The van der Waals surface area contributed by atoms with Gasteiger partial charge in [-0.3, -0.25) is 9.29 Å². The average molecular weight is 375 g/mol. The fourth-order valence-electron chi connectivity index (χ4n) is 2.98. The van der Waals surface area contributed by atoms with Crippen molar-refractivity contribution >= 4 is 15.9 Å². The van der Waals surface area contributed by atoms with Crippen molar-refractivity contribution in [3.05, 3.63) is 54.9 Å². The van der Waals surface area contributed by atoms with Crippen molar-refractivity contribution in [3.63, 3.8) is 0 Å². The Kier molecular flexibility index (Phi) is 6.11. The molecule has 1 aromatic carbocycles. The summed E-state index contributed by atoms with van der Waals surface area (Å²) < 4.78 is 34.2. The number of pyridine rings is 1. The molecule has 7 heteroatoms. The van der Waals surface area contributed by atoms with Crippen molar-refractivity contribution in [2.24, 2.45) is 5.92 Å². The highest BCUT2D eigenvalue weighted by Crippen LogP contribution is 2.25. The SMILES string of the molecule is CC(CCOc1ccccc1)CCN1CCN(c2ccncc2)S1(=O)=O. The topological polar surface area (TPSA) is 62.7 Å². The van der Waals surface area contributed by atoms with Crippen LogP contribution in [0.3, 0.4) is 0 Å². The smallest absolute Gasteiger partial charge is 0.304 e. The number of hydrogen-bond donors (Lipinski definition) is 0. The lowest BCUT2D eigenvalue weighted by molar-refractivity contribution is 0.272. The zero-order chi connectivity index (χ0) is 18.4. The lowest BCUT2D eigenvalue weighted by atomic mass is 10.0. The van der Waals surface area contributed by atoms with Crippen LogP contribution in [0.15, 0.2) is 54.9 Å². The highest BCUT2D eigenvalue weighted by molar-refractivity contribution is 7.90. The van der Waals surface area contributed by atoms with Gasteiger partial charge in [0.1, 0.15) is 5.75 Å². The monoisotopic (exact) mass is 375 g/mol. The quantitative estimate of drug-likeness (QED) is 0.712. The maximum atomic E-state index is 12.7. The van der Waals surface area contributed by atoms with Crippen LogP contribution in [0.2, 0.25) is 0 Å². The molecule has 1 aliphatic heterocycles. The minimum atomic E-state index is -3.43. The second-order valence-corrected chi connectivity index (χ2v) is 8.38. The first-order valence-electron chi connectivity index (χ1n) is 8.93. The Morgan fingerprint density at radius 2 is 1.81 bits per heavy atom. The van der Waals surface area contributed by atoms with Crippen LogP contribution in [0.1, 0.15) is 19.8 Å². The summed E-state index contributed by atoms with van der Waals surface area (Å²) in [7, 11) is -3.43. The summed E-state index contributed by atoms with van der Waals surface area (Å²) in [4.78, 5) is 3.95. The summed E-state index contributed by atoms with van der Waals surface area (Å²) in [5.41, 5.74) is 0.673. The van der Waals surface area contributed by atoms with Crippen LogP contribution >= 0.6 is 0 Å². The van der Waals surface area contributed by atoms with Gasteiger partial charge < -0.3 is 4.74 Å². The third-order valence-corrected chi connectivity index (χ3v) is 6.57. The van der Waals surface area contributed by atoms with Gasteiger partial charge in [0, 0.05) is 32.0 Å². The average Bonchev–Trinajstić information content (AvgIpc) is 2.95. The van der Waals surface area contributed by atoms with Crippen LogP contribution in [-0.2, 0) is 10.2 Å². The Bertz CT molecular complexity index is 784. The molecule has 0 aliphatic carbocycles. The molecule has 0 spiro atoms. The van der Waals surface area contributed by atoms with E-state index in [9.17, 15) is 8.42 Å². The van der Waals surface area contributed by atoms with E-state index in [4.69, 9.17) is 4.74 Å². The lowest BCUT2D eigenvalue weighted by Gasteiger charge is -2.21. The summed E-state index contributed by atoms with van der Waals surface area (Å²) in [5.74, 6) is 1.26. The predicted octanol–water partition coefficient (Wildman–Crippen LogP) is 2.94. The summed E-state index contributed by atoms with van der Waals surface area (Å²) in [6, 6.07) is 13.2. The van der Waals surface area contributed by atoms with Crippen LogP contribution < -0.4 is 9.04 Å². The van der Waals surface area contributed by atoms with Crippen LogP contribution in [-0.4, -0.2) is 43.9 Å². The van der Waals surface area contributed by atoms with Crippen LogP contribution in [0, 0.1) is 5.92 Å². The van der Waals surface area contributed by atoms with Gasteiger partial charge in [-0.15, -0.1) is 0 Å². The molecule has 0 saturated carbocycles. The molecule has 2 aromatic rings. The van der Waals surface area contributed by atoms with E-state index in [0.717, 1.165) is 18.6 Å². The van der Waals surface area contributed by atoms with Crippen LogP contribution in [0.4, 0.5) is 5.69 Å². The minimum absolute atomic E-state index is 0.392. The van der Waals surface area contributed by atoms with Crippen molar-refractivity contribution in [2.45, 2.75) is 19.8 Å². The normalized spacial score (nSPS) is 18.0. The largest absolute Gasteiger partial charge is 0.494 e. The van der Waals surface area contributed by atoms with Gasteiger partial charge in [0.25, 0.3) is 0 Å². The van der Waals surface area contributed by atoms with Gasteiger partial charge in [-0.05, 0) is 43.0 Å². The van der Waals surface area contributed by atoms with E-state index >= 15 is 0 Å². The first-order chi connectivity index (χ1) is 12.6. The molecule has 1 saturated heterocycles. The molecule has 1 unspecified atom stereocenters. The molecule has 1 aromatic heterocycles. The third-order valence-electron chi connectivity index (χ3n) is 4.60. The van der Waals surface area contributed by atoms with Gasteiger partial charge in [0.2, 0.25) is 0 Å². The highest BCUT2D eigenvalue weighted by atomic mass is 32.2. The van der Waals surface area contributed by atoms with Crippen molar-refractivity contribution in [3.8, 4) is 5.75 Å². The van der Waals surface area contributed by atoms with Gasteiger partial charge in [0.15, 0.2) is 0 Å². The van der Waals surface area contributed by atoms with E-state index < -0.39 is 10.2 Å². The molecule has 140 valence electrons. The predicted molar refractivity (Wildman–Crippen MR) is 102 cm³/mol. The first kappa shape index (κ1) is 18.7. The van der Waals surface area contributed by atoms with Crippen LogP contribution in [0.25, 0.3) is 0 Å². The summed E-state index contributed by atoms with van der Waals surface area (Å²) in [6.45, 7) is 4.32. The number of nitrogens with zero attached hydrogens (tertiary/aromatic N) is 3. The van der Waals surface area contributed by atoms with Gasteiger partial charge >= 0.3 is 10.2 Å². The van der Waals surface area contributed by atoms with Crippen molar-refractivity contribution in [1.82, 2.24) is 9.29 Å². The molecule has 1 fully saturated rings. The fraction of sp³-hybridized carbons (Fsp3) is 0.421. The maximum Gasteiger partial charge on any atom is 0.304 e. The number of rotatable bonds is 8. The Balaban J connectivity index is 1.46. The molecule has 26 heavy (non-hydrogen) atoms. The van der Waals surface area contributed by atoms with E-state index in [0.29, 0.717) is 37.8 Å². The number of ether oxygens (including phenoxy) is 1. The van der Waals surface area contributed by atoms with Crippen LogP contribution in [0.5, 0.6) is 5.75 Å². The van der Waals surface area contributed by atoms with Gasteiger partial charge in [-0.1, -0.05) is 25.1 Å². The second-order valence-electron chi connectivity index (χ2n) is 6.53. The molecular weight excluding hydrogens is 350 g/mol. The Morgan fingerprint density at radius 1 is 1.08 bits per heavy atom. The van der Waals surface area contributed by atoms with E-state index in [2.05, 4.69) is 11.9 Å². The number of benzene rings is 1. The molecule has 2 heterocycles. The number of hydrogen-bond acceptors (Lipinski definition) is 4. The standard InChI is InChI=1S/C19H25N3O3S/c1-17(10-16-25-19-5-3-2-4-6-19)9-13-21-14-15-22(26(21,23)24)18-7-11-20-12-8-18/h2-8,11-12,17H,9-10,13-16H2,1H3. The lowest BCUT2D eigenvalue weighted by Crippen LogP contribution is -2.34. The molecule has 0 bridgehead atoms. The molecule has 0 N–H and O–H groups in total. The van der Waals surface area contributed by atoms with Gasteiger partial charge in [0.05, 0.1) is 12.3 Å². The minimum Gasteiger partial charge on any atom is -0.494 e. The Hall–Kier alpha value is -2.12.